The van der Waals surface area contributed by atoms with E-state index in [9.17, 15) is 9.59 Å². The maximum Gasteiger partial charge on any atom is 0.253 e. The number of rotatable bonds is 10. The maximum atomic E-state index is 12.8. The van der Waals surface area contributed by atoms with Gasteiger partial charge in [0.05, 0.1) is 17.3 Å². The second kappa shape index (κ2) is 19.5. The third-order valence-corrected chi connectivity index (χ3v) is 11.9. The molecule has 2 atom stereocenters. The fraction of sp³-hybridized carbons (Fsp3) is 0.277. The van der Waals surface area contributed by atoms with Crippen molar-refractivity contribution in [3.63, 3.8) is 0 Å². The number of likely N-dealkylation sites (tertiary alicyclic amines) is 1. The first-order chi connectivity index (χ1) is 29.1. The van der Waals surface area contributed by atoms with Crippen molar-refractivity contribution >= 4 is 47.0 Å². The van der Waals surface area contributed by atoms with Crippen molar-refractivity contribution < 1.29 is 18.6 Å². The van der Waals surface area contributed by atoms with Gasteiger partial charge in [0.25, 0.3) is 11.8 Å². The number of ketones is 2. The quantitative estimate of drug-likeness (QED) is 0.0770. The average molecular weight is 823 g/mol. The van der Waals surface area contributed by atoms with Crippen molar-refractivity contribution in [2.24, 2.45) is 27.4 Å². The molecule has 0 saturated carbocycles. The lowest BCUT2D eigenvalue weighted by Gasteiger charge is -2.30. The normalized spacial score (nSPS) is 15.9. The Kier molecular flexibility index (Phi) is 13.6. The molecule has 2 aliphatic rings. The van der Waals surface area contributed by atoms with E-state index < -0.39 is 0 Å². The summed E-state index contributed by atoms with van der Waals surface area (Å²) in [5.74, 6) is 4.23. The lowest BCUT2D eigenvalue weighted by molar-refractivity contribution is 0.103. The maximum absolute atomic E-state index is 12.8. The Hall–Kier alpha value is -6.47. The van der Waals surface area contributed by atoms with Crippen LogP contribution < -0.4 is 11.5 Å². The number of hydrogen-bond acceptors (Lipinski definition) is 9. The number of carbonyl (C=O) groups is 2. The molecule has 6 aromatic rings. The molecule has 0 aliphatic carbocycles. The van der Waals surface area contributed by atoms with Gasteiger partial charge in [-0.25, -0.2) is 0 Å². The fourth-order valence-electron chi connectivity index (χ4n) is 7.02. The smallest absolute Gasteiger partial charge is 0.253 e. The number of nitrogens with two attached hydrogens (primary N) is 2. The fourth-order valence-corrected chi connectivity index (χ4v) is 7.98. The topological polar surface area (TPSA) is 169 Å². The van der Waals surface area contributed by atoms with E-state index in [0.717, 1.165) is 72.5 Å². The number of aliphatic imine (C=N–C) groups is 2. The van der Waals surface area contributed by atoms with Crippen LogP contribution in [0.3, 0.4) is 0 Å². The summed E-state index contributed by atoms with van der Waals surface area (Å²) in [5.41, 5.74) is 18.4. The van der Waals surface area contributed by atoms with Gasteiger partial charge in [-0.3, -0.25) is 9.59 Å². The highest BCUT2D eigenvalue weighted by atomic mass is 32.2. The standard InChI is InChI=1S/C25H28N4O2.C22H22N4O2S/c1-17-11-13-29(14-12-17)25(26)27-23-16-22(28-31-23)18(2)20-9-6-10-21(15-20)24(30)19-7-4-3-5-8-19;1-15(19-13-20(28-25-19)24-22(23)26-10-11-29-14-26)17-8-5-9-18(12-17)21(27)16-6-3-2-4-7-16/h3-10,15-18H,11-14H2,1-2H3,(H2,26,27);2-9,12-13,15H,10-11,14H2,1H3,(H2,23,24). The summed E-state index contributed by atoms with van der Waals surface area (Å²) in [5, 5.41) is 8.35. The highest BCUT2D eigenvalue weighted by Gasteiger charge is 2.21. The minimum Gasteiger partial charge on any atom is -0.369 e. The van der Waals surface area contributed by atoms with Crippen molar-refractivity contribution in [3.8, 4) is 0 Å². The molecule has 0 bridgehead atoms. The van der Waals surface area contributed by atoms with Gasteiger partial charge in [0.1, 0.15) is 0 Å². The van der Waals surface area contributed by atoms with Crippen LogP contribution >= 0.6 is 11.8 Å². The number of aromatic nitrogens is 2. The number of guanidine groups is 2. The summed E-state index contributed by atoms with van der Waals surface area (Å²) < 4.78 is 10.8. The Bertz CT molecular complexity index is 2430. The van der Waals surface area contributed by atoms with E-state index >= 15 is 0 Å². The zero-order valence-corrected chi connectivity index (χ0v) is 34.9. The van der Waals surface area contributed by atoms with Gasteiger partial charge in [-0.05, 0) is 42.0 Å². The number of hydrogen-bond donors (Lipinski definition) is 2. The van der Waals surface area contributed by atoms with Gasteiger partial charge in [-0.1, -0.05) is 128 Å². The summed E-state index contributed by atoms with van der Waals surface area (Å²) in [6, 6.07) is 37.4. The molecule has 2 fully saturated rings. The Morgan fingerprint density at radius 3 is 1.53 bits per heavy atom. The molecule has 0 radical (unpaired) electrons. The molecule has 2 saturated heterocycles. The minimum absolute atomic E-state index is 0.00125. The van der Waals surface area contributed by atoms with Gasteiger partial charge in [0.2, 0.25) is 0 Å². The third kappa shape index (κ3) is 10.4. The van der Waals surface area contributed by atoms with Crippen LogP contribution in [0.15, 0.2) is 140 Å². The second-order valence-corrected chi connectivity index (χ2v) is 16.2. The van der Waals surface area contributed by atoms with Crippen LogP contribution in [0.1, 0.15) is 99.8 Å². The molecule has 4 aromatic carbocycles. The van der Waals surface area contributed by atoms with E-state index in [4.69, 9.17) is 20.5 Å². The van der Waals surface area contributed by atoms with Crippen molar-refractivity contribution in [1.29, 1.82) is 0 Å². The monoisotopic (exact) mass is 822 g/mol. The summed E-state index contributed by atoms with van der Waals surface area (Å²) in [4.78, 5) is 38.4. The van der Waals surface area contributed by atoms with Gasteiger partial charge in [-0.15, -0.1) is 11.8 Å². The van der Waals surface area contributed by atoms with Crippen molar-refractivity contribution in [3.05, 3.63) is 166 Å². The van der Waals surface area contributed by atoms with Crippen LogP contribution in [0.2, 0.25) is 0 Å². The van der Waals surface area contributed by atoms with Crippen molar-refractivity contribution in [1.82, 2.24) is 20.1 Å². The molecule has 8 rings (SSSR count). The number of piperidine rings is 1. The zero-order chi connectivity index (χ0) is 42.0. The van der Waals surface area contributed by atoms with Crippen LogP contribution in [0.25, 0.3) is 0 Å². The van der Waals surface area contributed by atoms with Gasteiger partial charge >= 0.3 is 0 Å². The van der Waals surface area contributed by atoms with Gasteiger partial charge < -0.3 is 30.3 Å². The second-order valence-electron chi connectivity index (χ2n) is 15.2. The van der Waals surface area contributed by atoms with Crippen LogP contribution in [0.5, 0.6) is 0 Å². The van der Waals surface area contributed by atoms with Gasteiger partial charge in [0.15, 0.2) is 23.5 Å². The Labute approximate surface area is 354 Å². The number of carbonyl (C=O) groups excluding carboxylic acids is 2. The average Bonchev–Trinajstić information content (AvgIpc) is 4.11. The van der Waals surface area contributed by atoms with Crippen LogP contribution in [-0.2, 0) is 0 Å². The van der Waals surface area contributed by atoms with E-state index in [1.165, 1.54) is 0 Å². The molecule has 0 spiro atoms. The number of benzene rings is 4. The molecule has 12 nitrogen and oxygen atoms in total. The molecule has 4 N–H and O–H groups in total. The molecular formula is C47H50N8O4S. The Morgan fingerprint density at radius 1 is 0.633 bits per heavy atom. The van der Waals surface area contributed by atoms with Crippen molar-refractivity contribution in [2.75, 3.05) is 31.3 Å². The Morgan fingerprint density at radius 2 is 1.08 bits per heavy atom. The minimum atomic E-state index is -0.0479. The van der Waals surface area contributed by atoms with Gasteiger partial charge in [0, 0.05) is 71.6 Å². The first kappa shape index (κ1) is 41.7. The molecule has 2 aliphatic heterocycles. The summed E-state index contributed by atoms with van der Waals surface area (Å²) in [7, 11) is 0. The van der Waals surface area contributed by atoms with E-state index in [1.54, 1.807) is 6.07 Å². The molecular weight excluding hydrogens is 773 g/mol. The number of nitrogens with zero attached hydrogens (tertiary/aromatic N) is 6. The predicted molar refractivity (Wildman–Crippen MR) is 237 cm³/mol. The zero-order valence-electron chi connectivity index (χ0n) is 34.1. The Balaban J connectivity index is 0.000000182. The summed E-state index contributed by atoms with van der Waals surface area (Å²) in [6.07, 6.45) is 2.24. The lowest BCUT2D eigenvalue weighted by Crippen LogP contribution is -2.42. The molecule has 0 amide bonds. The first-order valence-electron chi connectivity index (χ1n) is 20.2. The first-order valence-corrected chi connectivity index (χ1v) is 21.4. The highest BCUT2D eigenvalue weighted by molar-refractivity contribution is 7.99. The van der Waals surface area contributed by atoms with E-state index in [1.807, 2.05) is 146 Å². The van der Waals surface area contributed by atoms with E-state index in [-0.39, 0.29) is 23.4 Å². The van der Waals surface area contributed by atoms with Crippen LogP contribution in [0, 0.1) is 5.92 Å². The highest BCUT2D eigenvalue weighted by Crippen LogP contribution is 2.30. The van der Waals surface area contributed by atoms with Crippen molar-refractivity contribution in [2.45, 2.75) is 45.4 Å². The lowest BCUT2D eigenvalue weighted by atomic mass is 9.94. The van der Waals surface area contributed by atoms with Crippen LogP contribution in [0.4, 0.5) is 11.8 Å². The van der Waals surface area contributed by atoms with Gasteiger partial charge in [-0.2, -0.15) is 9.98 Å². The molecule has 308 valence electrons. The molecule has 13 heteroatoms. The number of thioether (sulfide) groups is 1. The van der Waals surface area contributed by atoms with Crippen LogP contribution in [-0.4, -0.2) is 74.9 Å². The molecule has 2 unspecified atom stereocenters. The van der Waals surface area contributed by atoms with E-state index in [0.29, 0.717) is 45.9 Å². The SMILES string of the molecule is CC(c1cccc(C(=O)c2ccccc2)c1)c1cc(/N=C(\N)N2CCSC2)on1.CC1CCN(/C(N)=N/c2cc(C(C)c3cccc(C(=O)c4ccccc4)c3)no2)CC1. The molecule has 4 heterocycles. The largest absolute Gasteiger partial charge is 0.369 e. The molecule has 60 heavy (non-hydrogen) atoms. The summed E-state index contributed by atoms with van der Waals surface area (Å²) in [6.45, 7) is 9.04. The van der Waals surface area contributed by atoms with E-state index in [2.05, 4.69) is 32.1 Å². The predicted octanol–water partition coefficient (Wildman–Crippen LogP) is 8.75. The third-order valence-electron chi connectivity index (χ3n) is 10.9. The summed E-state index contributed by atoms with van der Waals surface area (Å²) >= 11 is 1.82. The molecule has 2 aromatic heterocycles.